The van der Waals surface area contributed by atoms with E-state index in [1.807, 2.05) is 12.1 Å². The first kappa shape index (κ1) is 12.5. The van der Waals surface area contributed by atoms with Gasteiger partial charge in [-0.3, -0.25) is 9.00 Å². The molecule has 3 rings (SSSR count). The number of fused-ring (bicyclic) bond motifs is 3. The second kappa shape index (κ2) is 4.52. The molecule has 0 aliphatic carbocycles. The van der Waals surface area contributed by atoms with Crippen molar-refractivity contribution >= 4 is 16.7 Å². The molecule has 0 aromatic heterocycles. The predicted octanol–water partition coefficient (Wildman–Crippen LogP) is 0.849. The highest BCUT2D eigenvalue weighted by molar-refractivity contribution is 7.86. The lowest BCUT2D eigenvalue weighted by Crippen LogP contribution is -2.35. The molecule has 2 heterocycles. The molecular weight excluding hydrogens is 266 g/mol. The van der Waals surface area contributed by atoms with Gasteiger partial charge in [-0.2, -0.15) is 0 Å². The summed E-state index contributed by atoms with van der Waals surface area (Å²) in [4.78, 5) is 13.5. The van der Waals surface area contributed by atoms with Gasteiger partial charge in [-0.05, 0) is 29.7 Å². The van der Waals surface area contributed by atoms with Crippen LogP contribution in [0.2, 0.25) is 0 Å². The second-order valence-electron chi connectivity index (χ2n) is 4.62. The molecule has 0 bridgehead atoms. The Morgan fingerprint density at radius 3 is 2.63 bits per heavy atom. The highest BCUT2D eigenvalue weighted by Crippen LogP contribution is 2.41. The molecule has 0 radical (unpaired) electrons. The van der Waals surface area contributed by atoms with Crippen LogP contribution >= 0.6 is 0 Å². The Morgan fingerprint density at radius 1 is 1.26 bits per heavy atom. The standard InChI is InChI=1S/C13H15NO4S/c1-17-10-5-8-3-4-14-12(15)7-19(16)13(14)9(8)6-11(10)18-2/h5-6,13H,3-4,7H2,1-2H3/t13-,19?/m0/s1. The number of benzene rings is 1. The van der Waals surface area contributed by atoms with Crippen molar-refractivity contribution in [2.45, 2.75) is 11.8 Å². The van der Waals surface area contributed by atoms with Crippen LogP contribution in [0, 0.1) is 0 Å². The zero-order valence-electron chi connectivity index (χ0n) is 10.8. The van der Waals surface area contributed by atoms with Gasteiger partial charge in [0.25, 0.3) is 0 Å². The molecule has 0 saturated carbocycles. The third kappa shape index (κ3) is 1.82. The van der Waals surface area contributed by atoms with Crippen LogP contribution in [-0.4, -0.2) is 41.5 Å². The van der Waals surface area contributed by atoms with Crippen LogP contribution in [0.15, 0.2) is 12.1 Å². The maximum atomic E-state index is 12.1. The molecule has 1 unspecified atom stereocenters. The Hall–Kier alpha value is -1.56. The normalized spacial score (nSPS) is 24.9. The van der Waals surface area contributed by atoms with Crippen molar-refractivity contribution in [2.24, 2.45) is 0 Å². The maximum Gasteiger partial charge on any atom is 0.236 e. The number of ether oxygens (including phenoxy) is 2. The van der Waals surface area contributed by atoms with Gasteiger partial charge in [0.1, 0.15) is 11.1 Å². The lowest BCUT2D eigenvalue weighted by molar-refractivity contribution is -0.128. The minimum atomic E-state index is -1.17. The van der Waals surface area contributed by atoms with E-state index in [-0.39, 0.29) is 17.0 Å². The summed E-state index contributed by atoms with van der Waals surface area (Å²) in [6, 6.07) is 3.77. The lowest BCUT2D eigenvalue weighted by atomic mass is 9.98. The number of nitrogens with zero attached hydrogens (tertiary/aromatic N) is 1. The Kier molecular flexibility index (Phi) is 2.97. The van der Waals surface area contributed by atoms with Crippen molar-refractivity contribution < 1.29 is 18.5 Å². The highest BCUT2D eigenvalue weighted by atomic mass is 32.2. The number of rotatable bonds is 2. The first-order valence-electron chi connectivity index (χ1n) is 6.07. The van der Waals surface area contributed by atoms with E-state index in [0.717, 1.165) is 17.5 Å². The number of hydrogen-bond donors (Lipinski definition) is 0. The van der Waals surface area contributed by atoms with E-state index in [1.165, 1.54) is 0 Å². The largest absolute Gasteiger partial charge is 0.493 e. The molecule has 1 fully saturated rings. The number of amides is 1. The number of carbonyl (C=O) groups excluding carboxylic acids is 1. The third-order valence-electron chi connectivity index (χ3n) is 3.65. The molecule has 1 aromatic carbocycles. The molecule has 102 valence electrons. The summed E-state index contributed by atoms with van der Waals surface area (Å²) < 4.78 is 22.7. The molecule has 6 heteroatoms. The number of carbonyl (C=O) groups is 1. The zero-order valence-corrected chi connectivity index (χ0v) is 11.7. The minimum absolute atomic E-state index is 0.0243. The van der Waals surface area contributed by atoms with Gasteiger partial charge >= 0.3 is 0 Å². The van der Waals surface area contributed by atoms with Gasteiger partial charge in [0.2, 0.25) is 5.91 Å². The van der Waals surface area contributed by atoms with Gasteiger partial charge < -0.3 is 14.4 Å². The fourth-order valence-corrected chi connectivity index (χ4v) is 4.31. The Labute approximate surface area is 113 Å². The molecule has 5 nitrogen and oxygen atoms in total. The maximum absolute atomic E-state index is 12.1. The van der Waals surface area contributed by atoms with Crippen molar-refractivity contribution in [3.8, 4) is 11.5 Å². The van der Waals surface area contributed by atoms with Crippen molar-refractivity contribution in [1.29, 1.82) is 0 Å². The second-order valence-corrected chi connectivity index (χ2v) is 6.12. The van der Waals surface area contributed by atoms with Crippen LogP contribution in [0.25, 0.3) is 0 Å². The van der Waals surface area contributed by atoms with E-state index >= 15 is 0 Å². The summed E-state index contributed by atoms with van der Waals surface area (Å²) in [6.45, 7) is 0.623. The SMILES string of the molecule is COc1cc2c(cc1OC)[C@H]1N(CC2)C(=O)CS1=O. The molecule has 1 saturated heterocycles. The van der Waals surface area contributed by atoms with Crippen LogP contribution in [0.4, 0.5) is 0 Å². The first-order valence-corrected chi connectivity index (χ1v) is 7.45. The summed E-state index contributed by atoms with van der Waals surface area (Å²) in [5.74, 6) is 1.38. The minimum Gasteiger partial charge on any atom is -0.493 e. The fourth-order valence-electron chi connectivity index (χ4n) is 2.73. The average Bonchev–Trinajstić information content (AvgIpc) is 2.72. The van der Waals surface area contributed by atoms with Gasteiger partial charge in [0.05, 0.1) is 25.0 Å². The number of hydrogen-bond acceptors (Lipinski definition) is 4. The van der Waals surface area contributed by atoms with Crippen molar-refractivity contribution in [3.63, 3.8) is 0 Å². The van der Waals surface area contributed by atoms with E-state index in [4.69, 9.17) is 9.47 Å². The van der Waals surface area contributed by atoms with Crippen LogP contribution < -0.4 is 9.47 Å². The molecule has 0 spiro atoms. The molecule has 2 atom stereocenters. The van der Waals surface area contributed by atoms with Crippen molar-refractivity contribution in [3.05, 3.63) is 23.3 Å². The summed E-state index contributed by atoms with van der Waals surface area (Å²) >= 11 is 0. The average molecular weight is 281 g/mol. The van der Waals surface area contributed by atoms with Gasteiger partial charge in [-0.15, -0.1) is 0 Å². The Morgan fingerprint density at radius 2 is 1.95 bits per heavy atom. The van der Waals surface area contributed by atoms with Crippen molar-refractivity contribution in [1.82, 2.24) is 4.90 Å². The Balaban J connectivity index is 2.12. The quantitative estimate of drug-likeness (QED) is 0.806. The van der Waals surface area contributed by atoms with Gasteiger partial charge in [0.15, 0.2) is 11.5 Å². The Bertz CT molecular complexity index is 572. The molecule has 2 aliphatic heterocycles. The number of methoxy groups -OCH3 is 2. The monoisotopic (exact) mass is 281 g/mol. The van der Waals surface area contributed by atoms with E-state index in [0.29, 0.717) is 18.0 Å². The van der Waals surface area contributed by atoms with Gasteiger partial charge in [0, 0.05) is 6.54 Å². The lowest BCUT2D eigenvalue weighted by Gasteiger charge is -2.31. The molecule has 1 aromatic rings. The topological polar surface area (TPSA) is 55.8 Å². The predicted molar refractivity (Wildman–Crippen MR) is 70.7 cm³/mol. The highest BCUT2D eigenvalue weighted by Gasteiger charge is 2.42. The summed E-state index contributed by atoms with van der Waals surface area (Å²) in [7, 11) is 2.00. The van der Waals surface area contributed by atoms with Crippen LogP contribution in [0.1, 0.15) is 16.5 Å². The van der Waals surface area contributed by atoms with E-state index < -0.39 is 10.8 Å². The van der Waals surface area contributed by atoms with Crippen molar-refractivity contribution in [2.75, 3.05) is 26.5 Å². The van der Waals surface area contributed by atoms with E-state index in [9.17, 15) is 9.00 Å². The molecule has 1 amide bonds. The molecule has 0 N–H and O–H groups in total. The van der Waals surface area contributed by atoms with Crippen LogP contribution in [-0.2, 0) is 22.0 Å². The summed E-state index contributed by atoms with van der Waals surface area (Å²) in [6.07, 6.45) is 0.759. The van der Waals surface area contributed by atoms with Gasteiger partial charge in [-0.1, -0.05) is 0 Å². The first-order chi connectivity index (χ1) is 9.15. The van der Waals surface area contributed by atoms with Crippen LogP contribution in [0.3, 0.4) is 0 Å². The summed E-state index contributed by atoms with van der Waals surface area (Å²) in [5, 5.41) is -0.323. The van der Waals surface area contributed by atoms with Crippen LogP contribution in [0.5, 0.6) is 11.5 Å². The third-order valence-corrected chi connectivity index (χ3v) is 5.19. The zero-order chi connectivity index (χ0) is 13.6. The summed E-state index contributed by atoms with van der Waals surface area (Å²) in [5.41, 5.74) is 2.01. The van der Waals surface area contributed by atoms with E-state index in [1.54, 1.807) is 19.1 Å². The molecular formula is C13H15NO4S. The fraction of sp³-hybridized carbons (Fsp3) is 0.462. The smallest absolute Gasteiger partial charge is 0.236 e. The van der Waals surface area contributed by atoms with E-state index in [2.05, 4.69) is 0 Å². The van der Waals surface area contributed by atoms with Gasteiger partial charge in [-0.25, -0.2) is 0 Å². The molecule has 19 heavy (non-hydrogen) atoms. The molecule has 2 aliphatic rings.